The summed E-state index contributed by atoms with van der Waals surface area (Å²) in [5.41, 5.74) is 5.04. The second kappa shape index (κ2) is 7.49. The third-order valence-corrected chi connectivity index (χ3v) is 3.38. The molecule has 0 aliphatic carbocycles. The zero-order valence-electron chi connectivity index (χ0n) is 11.1. The van der Waals surface area contributed by atoms with Crippen LogP contribution in [0.5, 0.6) is 0 Å². The predicted molar refractivity (Wildman–Crippen MR) is 74.2 cm³/mol. The number of urea groups is 1. The Morgan fingerprint density at radius 3 is 2.45 bits per heavy atom. The minimum Gasteiger partial charge on any atom is -0.480 e. The van der Waals surface area contributed by atoms with Crippen molar-refractivity contribution in [3.05, 3.63) is 22.4 Å². The van der Waals surface area contributed by atoms with Crippen LogP contribution >= 0.6 is 11.3 Å². The molecule has 1 heterocycles. The molecule has 0 aliphatic heterocycles. The Labute approximate surface area is 120 Å². The number of rotatable bonds is 7. The van der Waals surface area contributed by atoms with Gasteiger partial charge >= 0.3 is 12.0 Å². The first-order chi connectivity index (χ1) is 9.43. The molecule has 0 bridgehead atoms. The van der Waals surface area contributed by atoms with Gasteiger partial charge in [0.1, 0.15) is 13.1 Å². The number of carbonyl (C=O) groups is 3. The Hall–Kier alpha value is -2.09. The second-order valence-electron chi connectivity index (χ2n) is 4.09. The number of carboxylic acids is 1. The summed E-state index contributed by atoms with van der Waals surface area (Å²) in [5, 5.41) is 10.7. The van der Waals surface area contributed by atoms with Gasteiger partial charge < -0.3 is 20.6 Å². The number of primary amides is 1. The van der Waals surface area contributed by atoms with Crippen LogP contribution in [0.4, 0.5) is 4.79 Å². The van der Waals surface area contributed by atoms with E-state index in [1.165, 1.54) is 16.2 Å². The fraction of sp³-hybridized carbons (Fsp3) is 0.417. The highest BCUT2D eigenvalue weighted by atomic mass is 32.1. The fourth-order valence-corrected chi connectivity index (χ4v) is 2.37. The molecule has 3 N–H and O–H groups in total. The van der Waals surface area contributed by atoms with Gasteiger partial charge in [0.15, 0.2) is 0 Å². The Balaban J connectivity index is 2.78. The number of carbonyl (C=O) groups excluding carboxylic acids is 2. The molecule has 20 heavy (non-hydrogen) atoms. The van der Waals surface area contributed by atoms with E-state index in [2.05, 4.69) is 0 Å². The number of hydrogen-bond donors (Lipinski definition) is 2. The van der Waals surface area contributed by atoms with E-state index in [4.69, 9.17) is 10.8 Å². The topological polar surface area (TPSA) is 104 Å². The van der Waals surface area contributed by atoms with Gasteiger partial charge in [0.2, 0.25) is 5.91 Å². The molecule has 0 spiro atoms. The van der Waals surface area contributed by atoms with Crippen LogP contribution in [0.3, 0.4) is 0 Å². The molecule has 7 nitrogen and oxygen atoms in total. The highest BCUT2D eigenvalue weighted by molar-refractivity contribution is 7.09. The third kappa shape index (κ3) is 4.88. The Kier molecular flexibility index (Phi) is 5.98. The number of thiophene rings is 1. The molecule has 0 atom stereocenters. The Morgan fingerprint density at radius 1 is 1.30 bits per heavy atom. The van der Waals surface area contributed by atoms with Crippen molar-refractivity contribution in [3.8, 4) is 0 Å². The smallest absolute Gasteiger partial charge is 0.323 e. The van der Waals surface area contributed by atoms with Crippen molar-refractivity contribution in [2.75, 3.05) is 19.6 Å². The second-order valence-corrected chi connectivity index (χ2v) is 5.12. The van der Waals surface area contributed by atoms with Gasteiger partial charge in [-0.05, 0) is 18.4 Å². The fourth-order valence-electron chi connectivity index (χ4n) is 1.65. The van der Waals surface area contributed by atoms with E-state index in [-0.39, 0.29) is 0 Å². The zero-order valence-corrected chi connectivity index (χ0v) is 11.9. The summed E-state index contributed by atoms with van der Waals surface area (Å²) in [6, 6.07) is 3.24. The van der Waals surface area contributed by atoms with Gasteiger partial charge in [-0.2, -0.15) is 0 Å². The average Bonchev–Trinajstić information content (AvgIpc) is 2.86. The molecule has 8 heteroatoms. The van der Waals surface area contributed by atoms with Gasteiger partial charge in [0.05, 0.1) is 6.54 Å². The summed E-state index contributed by atoms with van der Waals surface area (Å²) < 4.78 is 0. The van der Waals surface area contributed by atoms with Crippen LogP contribution in [-0.4, -0.2) is 52.4 Å². The number of amides is 3. The van der Waals surface area contributed by atoms with E-state index in [1.807, 2.05) is 17.5 Å². The molecule has 110 valence electrons. The van der Waals surface area contributed by atoms with E-state index in [0.717, 1.165) is 9.78 Å². The van der Waals surface area contributed by atoms with Gasteiger partial charge in [-0.3, -0.25) is 9.59 Å². The van der Waals surface area contributed by atoms with Crippen LogP contribution in [0.2, 0.25) is 0 Å². The van der Waals surface area contributed by atoms with Crippen LogP contribution in [0.1, 0.15) is 11.8 Å². The van der Waals surface area contributed by atoms with Crippen LogP contribution in [0.15, 0.2) is 17.5 Å². The van der Waals surface area contributed by atoms with E-state index in [9.17, 15) is 14.4 Å². The van der Waals surface area contributed by atoms with Gasteiger partial charge in [-0.1, -0.05) is 6.07 Å². The van der Waals surface area contributed by atoms with Crippen molar-refractivity contribution >= 4 is 29.2 Å². The number of nitrogens with zero attached hydrogens (tertiary/aromatic N) is 2. The Morgan fingerprint density at radius 2 is 2.00 bits per heavy atom. The number of hydrogen-bond acceptors (Lipinski definition) is 4. The van der Waals surface area contributed by atoms with E-state index >= 15 is 0 Å². The summed E-state index contributed by atoms with van der Waals surface area (Å²) in [7, 11) is 0. The number of carboxylic acid groups (broad SMARTS) is 1. The van der Waals surface area contributed by atoms with Crippen molar-refractivity contribution in [3.63, 3.8) is 0 Å². The highest BCUT2D eigenvalue weighted by Crippen LogP contribution is 2.13. The maximum absolute atomic E-state index is 12.3. The lowest BCUT2D eigenvalue weighted by Gasteiger charge is -2.27. The molecular formula is C12H17N3O4S. The lowest BCUT2D eigenvalue weighted by atomic mass is 10.4. The molecule has 0 aromatic carbocycles. The first-order valence-corrected chi connectivity index (χ1v) is 6.88. The molecule has 0 unspecified atom stereocenters. The molecule has 3 amide bonds. The molecule has 1 rings (SSSR count). The lowest BCUT2D eigenvalue weighted by molar-refractivity contribution is -0.138. The average molecular weight is 299 g/mol. The van der Waals surface area contributed by atoms with Crippen molar-refractivity contribution in [1.29, 1.82) is 0 Å². The van der Waals surface area contributed by atoms with Crippen molar-refractivity contribution in [2.45, 2.75) is 13.5 Å². The molecule has 0 aliphatic rings. The standard InChI is InChI=1S/C12H17N3O4S/c1-2-14(6-9-4-3-5-20-9)12(19)15(7-10(13)16)8-11(17)18/h3-5H,2,6-8H2,1H3,(H2,13,16)(H,17,18). The monoisotopic (exact) mass is 299 g/mol. The van der Waals surface area contributed by atoms with Crippen molar-refractivity contribution in [2.24, 2.45) is 5.73 Å². The highest BCUT2D eigenvalue weighted by Gasteiger charge is 2.23. The zero-order chi connectivity index (χ0) is 15.1. The third-order valence-electron chi connectivity index (χ3n) is 2.52. The summed E-state index contributed by atoms with van der Waals surface area (Å²) in [6.45, 7) is 1.61. The molecule has 0 saturated carbocycles. The minimum atomic E-state index is -1.19. The lowest BCUT2D eigenvalue weighted by Crippen LogP contribution is -2.48. The van der Waals surface area contributed by atoms with Crippen molar-refractivity contribution in [1.82, 2.24) is 9.80 Å². The molecule has 1 aromatic rings. The molecule has 0 saturated heterocycles. The molecule has 1 aromatic heterocycles. The Bertz CT molecular complexity index is 459. The molecule has 0 radical (unpaired) electrons. The van der Waals surface area contributed by atoms with Gasteiger partial charge in [-0.25, -0.2) is 4.79 Å². The predicted octanol–water partition coefficient (Wildman–Crippen LogP) is 0.562. The maximum atomic E-state index is 12.3. The van der Waals surface area contributed by atoms with Gasteiger partial charge in [0, 0.05) is 11.4 Å². The summed E-state index contributed by atoms with van der Waals surface area (Å²) in [5.74, 6) is -1.93. The largest absolute Gasteiger partial charge is 0.480 e. The SMILES string of the molecule is CCN(Cc1cccs1)C(=O)N(CC(N)=O)CC(=O)O. The van der Waals surface area contributed by atoms with Crippen LogP contribution in [0, 0.1) is 0 Å². The quantitative estimate of drug-likeness (QED) is 0.767. The van der Waals surface area contributed by atoms with E-state index in [1.54, 1.807) is 6.92 Å². The number of aliphatic carboxylic acids is 1. The van der Waals surface area contributed by atoms with Crippen LogP contribution in [0.25, 0.3) is 0 Å². The summed E-state index contributed by atoms with van der Waals surface area (Å²) >= 11 is 1.50. The van der Waals surface area contributed by atoms with Crippen LogP contribution in [-0.2, 0) is 16.1 Å². The van der Waals surface area contributed by atoms with Gasteiger partial charge in [-0.15, -0.1) is 11.3 Å². The molecular weight excluding hydrogens is 282 g/mol. The molecule has 0 fully saturated rings. The maximum Gasteiger partial charge on any atom is 0.323 e. The van der Waals surface area contributed by atoms with E-state index < -0.39 is 31.0 Å². The summed E-state index contributed by atoms with van der Waals surface area (Å²) in [6.07, 6.45) is 0. The van der Waals surface area contributed by atoms with Crippen molar-refractivity contribution < 1.29 is 19.5 Å². The minimum absolute atomic E-state index is 0.377. The first kappa shape index (κ1) is 16.0. The number of nitrogens with two attached hydrogens (primary N) is 1. The van der Waals surface area contributed by atoms with Gasteiger partial charge in [0.25, 0.3) is 0 Å². The van der Waals surface area contributed by atoms with Crippen LogP contribution < -0.4 is 5.73 Å². The summed E-state index contributed by atoms with van der Waals surface area (Å²) in [4.78, 5) is 37.3. The first-order valence-electron chi connectivity index (χ1n) is 6.00. The normalized spacial score (nSPS) is 10.1. The van der Waals surface area contributed by atoms with E-state index in [0.29, 0.717) is 13.1 Å².